The number of ketones is 1. The van der Waals surface area contributed by atoms with E-state index in [0.29, 0.717) is 34.1 Å². The summed E-state index contributed by atoms with van der Waals surface area (Å²) in [6.45, 7) is 1.31. The molecule has 0 aliphatic carbocycles. The van der Waals surface area contributed by atoms with Gasteiger partial charge in [-0.3, -0.25) is 9.59 Å². The van der Waals surface area contributed by atoms with Crippen molar-refractivity contribution in [2.24, 2.45) is 0 Å². The van der Waals surface area contributed by atoms with Crippen molar-refractivity contribution in [2.75, 3.05) is 14.2 Å². The molecule has 0 atom stereocenters. The van der Waals surface area contributed by atoms with Gasteiger partial charge in [0.05, 0.1) is 19.8 Å². The molecule has 0 fully saturated rings. The summed E-state index contributed by atoms with van der Waals surface area (Å²) in [5, 5.41) is 0. The normalized spacial score (nSPS) is 14.0. The van der Waals surface area contributed by atoms with Gasteiger partial charge in [-0.25, -0.2) is 0 Å². The lowest BCUT2D eigenvalue weighted by Crippen LogP contribution is -2.03. The van der Waals surface area contributed by atoms with Crippen molar-refractivity contribution < 1.29 is 28.5 Å². The van der Waals surface area contributed by atoms with Crippen LogP contribution in [0.2, 0.25) is 0 Å². The average molecular weight is 340 g/mol. The standard InChI is InChI=1S/C19H16O6/c1-11(20)24-15-7-4-12(8-17(15)23-3)9-18-19(21)14-6-5-13(22-2)10-16(14)25-18/h4-10H,1-3H3/b18-9-. The molecule has 0 saturated carbocycles. The average Bonchev–Trinajstić information content (AvgIpc) is 2.91. The first-order valence-electron chi connectivity index (χ1n) is 7.50. The molecule has 25 heavy (non-hydrogen) atoms. The summed E-state index contributed by atoms with van der Waals surface area (Å²) in [4.78, 5) is 23.5. The highest BCUT2D eigenvalue weighted by Crippen LogP contribution is 2.35. The molecule has 0 saturated heterocycles. The number of methoxy groups -OCH3 is 2. The van der Waals surface area contributed by atoms with Crippen LogP contribution >= 0.6 is 0 Å². The van der Waals surface area contributed by atoms with Crippen LogP contribution in [0.5, 0.6) is 23.0 Å². The number of carbonyl (C=O) groups excluding carboxylic acids is 2. The number of carbonyl (C=O) groups is 2. The number of rotatable bonds is 4. The summed E-state index contributed by atoms with van der Waals surface area (Å²) >= 11 is 0. The van der Waals surface area contributed by atoms with Gasteiger partial charge in [0, 0.05) is 13.0 Å². The predicted octanol–water partition coefficient (Wildman–Crippen LogP) is 3.25. The summed E-state index contributed by atoms with van der Waals surface area (Å²) in [7, 11) is 3.02. The molecule has 6 heteroatoms. The lowest BCUT2D eigenvalue weighted by molar-refractivity contribution is -0.132. The van der Waals surface area contributed by atoms with Crippen LogP contribution in [0, 0.1) is 0 Å². The Labute approximate surface area is 144 Å². The molecule has 0 aromatic heterocycles. The van der Waals surface area contributed by atoms with Gasteiger partial charge >= 0.3 is 5.97 Å². The van der Waals surface area contributed by atoms with E-state index in [4.69, 9.17) is 18.9 Å². The SMILES string of the molecule is COc1ccc2c(c1)O/C(=C\c1ccc(OC(C)=O)c(OC)c1)C2=O. The molecule has 6 nitrogen and oxygen atoms in total. The van der Waals surface area contributed by atoms with E-state index in [1.165, 1.54) is 14.0 Å². The van der Waals surface area contributed by atoms with Crippen molar-refractivity contribution in [3.8, 4) is 23.0 Å². The molecule has 0 N–H and O–H groups in total. The third-order valence-corrected chi connectivity index (χ3v) is 3.62. The van der Waals surface area contributed by atoms with E-state index >= 15 is 0 Å². The van der Waals surface area contributed by atoms with Gasteiger partial charge in [0.1, 0.15) is 11.5 Å². The van der Waals surface area contributed by atoms with Gasteiger partial charge in [0.2, 0.25) is 5.78 Å². The quantitative estimate of drug-likeness (QED) is 0.483. The van der Waals surface area contributed by atoms with Crippen LogP contribution < -0.4 is 18.9 Å². The van der Waals surface area contributed by atoms with E-state index in [2.05, 4.69) is 0 Å². The minimum atomic E-state index is -0.442. The fraction of sp³-hybridized carbons (Fsp3) is 0.158. The largest absolute Gasteiger partial charge is 0.497 e. The Morgan fingerprint density at radius 3 is 2.52 bits per heavy atom. The molecule has 0 unspecified atom stereocenters. The van der Waals surface area contributed by atoms with Crippen LogP contribution in [0.4, 0.5) is 0 Å². The van der Waals surface area contributed by atoms with Gasteiger partial charge < -0.3 is 18.9 Å². The molecule has 1 aliphatic rings. The Morgan fingerprint density at radius 1 is 1.04 bits per heavy atom. The summed E-state index contributed by atoms with van der Waals surface area (Å²) in [6, 6.07) is 10.0. The number of hydrogen-bond donors (Lipinski definition) is 0. The zero-order chi connectivity index (χ0) is 18.0. The van der Waals surface area contributed by atoms with E-state index in [0.717, 1.165) is 0 Å². The van der Waals surface area contributed by atoms with Crippen LogP contribution in [-0.4, -0.2) is 26.0 Å². The molecule has 2 aromatic rings. The molecule has 0 radical (unpaired) electrons. The van der Waals surface area contributed by atoms with Crippen molar-refractivity contribution in [1.29, 1.82) is 0 Å². The Balaban J connectivity index is 1.91. The first-order chi connectivity index (χ1) is 12.0. The fourth-order valence-corrected chi connectivity index (χ4v) is 2.46. The van der Waals surface area contributed by atoms with Gasteiger partial charge in [-0.2, -0.15) is 0 Å². The van der Waals surface area contributed by atoms with Gasteiger partial charge in [-0.05, 0) is 35.9 Å². The molecule has 0 amide bonds. The maximum atomic E-state index is 12.4. The Kier molecular flexibility index (Phi) is 4.43. The molecule has 3 rings (SSSR count). The highest BCUT2D eigenvalue weighted by molar-refractivity contribution is 6.14. The molecular weight excluding hydrogens is 324 g/mol. The number of hydrogen-bond acceptors (Lipinski definition) is 6. The van der Waals surface area contributed by atoms with Crippen molar-refractivity contribution in [2.45, 2.75) is 6.92 Å². The van der Waals surface area contributed by atoms with Crippen LogP contribution in [0.25, 0.3) is 6.08 Å². The number of fused-ring (bicyclic) bond motifs is 1. The van der Waals surface area contributed by atoms with E-state index in [1.54, 1.807) is 49.6 Å². The molecule has 2 aromatic carbocycles. The second-order valence-electron chi connectivity index (χ2n) is 5.31. The van der Waals surface area contributed by atoms with Crippen molar-refractivity contribution >= 4 is 17.8 Å². The summed E-state index contributed by atoms with van der Waals surface area (Å²) in [5.74, 6) is 1.31. The summed E-state index contributed by atoms with van der Waals surface area (Å²) < 4.78 is 21.1. The van der Waals surface area contributed by atoms with Gasteiger partial charge in [-0.15, -0.1) is 0 Å². The van der Waals surface area contributed by atoms with Crippen LogP contribution in [0.15, 0.2) is 42.2 Å². The molecular formula is C19H16O6. The van der Waals surface area contributed by atoms with Crippen LogP contribution in [0.1, 0.15) is 22.8 Å². The van der Waals surface area contributed by atoms with Crippen molar-refractivity contribution in [3.63, 3.8) is 0 Å². The minimum absolute atomic E-state index is 0.200. The van der Waals surface area contributed by atoms with Crippen LogP contribution in [0.3, 0.4) is 0 Å². The third-order valence-electron chi connectivity index (χ3n) is 3.62. The number of allylic oxidation sites excluding steroid dienone is 1. The smallest absolute Gasteiger partial charge is 0.308 e. The first-order valence-corrected chi connectivity index (χ1v) is 7.50. The number of esters is 1. The lowest BCUT2D eigenvalue weighted by atomic mass is 10.1. The second kappa shape index (κ2) is 6.68. The molecule has 1 heterocycles. The minimum Gasteiger partial charge on any atom is -0.497 e. The van der Waals surface area contributed by atoms with E-state index < -0.39 is 5.97 Å². The topological polar surface area (TPSA) is 71.1 Å². The van der Waals surface area contributed by atoms with E-state index in [9.17, 15) is 9.59 Å². The van der Waals surface area contributed by atoms with E-state index in [-0.39, 0.29) is 11.5 Å². The highest BCUT2D eigenvalue weighted by Gasteiger charge is 2.27. The lowest BCUT2D eigenvalue weighted by Gasteiger charge is -2.08. The maximum absolute atomic E-state index is 12.4. The Bertz CT molecular complexity index is 881. The Hall–Kier alpha value is -3.28. The number of Topliss-reactive ketones (excluding diaryl/α,β-unsaturated/α-hetero) is 1. The van der Waals surface area contributed by atoms with Gasteiger partial charge in [0.25, 0.3) is 0 Å². The fourth-order valence-electron chi connectivity index (χ4n) is 2.46. The summed E-state index contributed by atoms with van der Waals surface area (Å²) in [5.41, 5.74) is 1.16. The molecule has 128 valence electrons. The number of benzene rings is 2. The Morgan fingerprint density at radius 2 is 1.84 bits per heavy atom. The third kappa shape index (κ3) is 3.33. The zero-order valence-electron chi connectivity index (χ0n) is 14.0. The molecule has 0 spiro atoms. The zero-order valence-corrected chi connectivity index (χ0v) is 14.0. The van der Waals surface area contributed by atoms with Gasteiger partial charge in [-0.1, -0.05) is 6.07 Å². The van der Waals surface area contributed by atoms with Gasteiger partial charge in [0.15, 0.2) is 17.3 Å². The van der Waals surface area contributed by atoms with Crippen molar-refractivity contribution in [3.05, 3.63) is 53.3 Å². The second-order valence-corrected chi connectivity index (χ2v) is 5.31. The summed E-state index contributed by atoms with van der Waals surface area (Å²) in [6.07, 6.45) is 1.61. The highest BCUT2D eigenvalue weighted by atomic mass is 16.6. The molecule has 0 bridgehead atoms. The monoisotopic (exact) mass is 340 g/mol. The first kappa shape index (κ1) is 16.6. The number of ether oxygens (including phenoxy) is 4. The molecule has 1 aliphatic heterocycles. The van der Waals surface area contributed by atoms with E-state index in [1.807, 2.05) is 0 Å². The maximum Gasteiger partial charge on any atom is 0.308 e. The predicted molar refractivity (Wildman–Crippen MR) is 90.2 cm³/mol. The van der Waals surface area contributed by atoms with Crippen LogP contribution in [-0.2, 0) is 4.79 Å². The van der Waals surface area contributed by atoms with Crippen molar-refractivity contribution in [1.82, 2.24) is 0 Å².